The lowest BCUT2D eigenvalue weighted by Crippen LogP contribution is -2.48. The van der Waals surface area contributed by atoms with Crippen LogP contribution in [-0.2, 0) is 0 Å². The predicted molar refractivity (Wildman–Crippen MR) is 66.5 cm³/mol. The number of hydrogen-bond acceptors (Lipinski definition) is 2. The number of nitrogens with zero attached hydrogens (tertiary/aromatic N) is 1. The summed E-state index contributed by atoms with van der Waals surface area (Å²) in [6.45, 7) is 9.86. The Morgan fingerprint density at radius 2 is 1.94 bits per heavy atom. The molecule has 1 aliphatic rings. The normalized spacial score (nSPS) is 19.2. The molecule has 0 aromatic carbocycles. The van der Waals surface area contributed by atoms with Gasteiger partial charge in [0.25, 0.3) is 0 Å². The first-order valence-corrected chi connectivity index (χ1v) is 6.45. The van der Waals surface area contributed by atoms with Gasteiger partial charge in [-0.05, 0) is 52.6 Å². The SMILES string of the molecule is CCN(CC)C(=O)NC(C)C1CCNCC1. The topological polar surface area (TPSA) is 44.4 Å². The zero-order valence-corrected chi connectivity index (χ0v) is 10.8. The van der Waals surface area contributed by atoms with Crippen LogP contribution in [0.5, 0.6) is 0 Å². The minimum absolute atomic E-state index is 0.0797. The molecular formula is C12H25N3O. The molecule has 2 amide bonds. The predicted octanol–water partition coefficient (Wildman–Crippen LogP) is 1.43. The van der Waals surface area contributed by atoms with Gasteiger partial charge >= 0.3 is 6.03 Å². The van der Waals surface area contributed by atoms with Crippen LogP contribution in [0, 0.1) is 5.92 Å². The van der Waals surface area contributed by atoms with Gasteiger partial charge in [0.1, 0.15) is 0 Å². The Kier molecular flexibility index (Phi) is 5.60. The monoisotopic (exact) mass is 227 g/mol. The fourth-order valence-corrected chi connectivity index (χ4v) is 2.26. The Hall–Kier alpha value is -0.770. The van der Waals surface area contributed by atoms with Crippen molar-refractivity contribution >= 4 is 6.03 Å². The molecule has 0 saturated carbocycles. The van der Waals surface area contributed by atoms with Crippen LogP contribution in [0.15, 0.2) is 0 Å². The second-order valence-electron chi connectivity index (χ2n) is 4.50. The van der Waals surface area contributed by atoms with Gasteiger partial charge in [-0.2, -0.15) is 0 Å². The van der Waals surface area contributed by atoms with E-state index in [2.05, 4.69) is 17.6 Å². The molecule has 1 saturated heterocycles. The van der Waals surface area contributed by atoms with Gasteiger partial charge in [0.15, 0.2) is 0 Å². The average molecular weight is 227 g/mol. The number of carbonyl (C=O) groups excluding carboxylic acids is 1. The maximum atomic E-state index is 11.9. The molecule has 1 rings (SSSR count). The van der Waals surface area contributed by atoms with Crippen molar-refractivity contribution in [3.05, 3.63) is 0 Å². The van der Waals surface area contributed by atoms with E-state index in [9.17, 15) is 4.79 Å². The quantitative estimate of drug-likeness (QED) is 0.763. The van der Waals surface area contributed by atoms with Crippen LogP contribution >= 0.6 is 0 Å². The van der Waals surface area contributed by atoms with Crippen molar-refractivity contribution < 1.29 is 4.79 Å². The van der Waals surface area contributed by atoms with Gasteiger partial charge in [0.05, 0.1) is 0 Å². The molecule has 1 unspecified atom stereocenters. The third kappa shape index (κ3) is 3.67. The van der Waals surface area contributed by atoms with Gasteiger partial charge in [0, 0.05) is 19.1 Å². The summed E-state index contributed by atoms with van der Waals surface area (Å²) >= 11 is 0. The number of hydrogen-bond donors (Lipinski definition) is 2. The van der Waals surface area contributed by atoms with Crippen molar-refractivity contribution in [1.82, 2.24) is 15.5 Å². The first kappa shape index (κ1) is 13.3. The maximum Gasteiger partial charge on any atom is 0.317 e. The van der Waals surface area contributed by atoms with E-state index in [0.717, 1.165) is 26.2 Å². The van der Waals surface area contributed by atoms with Gasteiger partial charge in [0.2, 0.25) is 0 Å². The van der Waals surface area contributed by atoms with Crippen LogP contribution in [0.1, 0.15) is 33.6 Å². The first-order valence-electron chi connectivity index (χ1n) is 6.45. The van der Waals surface area contributed by atoms with Crippen molar-refractivity contribution in [3.8, 4) is 0 Å². The van der Waals surface area contributed by atoms with E-state index in [1.165, 1.54) is 12.8 Å². The highest BCUT2D eigenvalue weighted by Crippen LogP contribution is 2.16. The van der Waals surface area contributed by atoms with Crippen LogP contribution < -0.4 is 10.6 Å². The Bertz CT molecular complexity index is 210. The van der Waals surface area contributed by atoms with Gasteiger partial charge < -0.3 is 15.5 Å². The molecule has 0 radical (unpaired) electrons. The summed E-state index contributed by atoms with van der Waals surface area (Å²) in [5, 5.41) is 6.46. The molecule has 0 bridgehead atoms. The Morgan fingerprint density at radius 1 is 1.38 bits per heavy atom. The third-order valence-electron chi connectivity index (χ3n) is 3.49. The molecule has 1 aliphatic heterocycles. The molecule has 94 valence electrons. The van der Waals surface area contributed by atoms with Gasteiger partial charge in [-0.15, -0.1) is 0 Å². The van der Waals surface area contributed by atoms with Crippen LogP contribution in [0.3, 0.4) is 0 Å². The highest BCUT2D eigenvalue weighted by Gasteiger charge is 2.22. The third-order valence-corrected chi connectivity index (χ3v) is 3.49. The summed E-state index contributed by atoms with van der Waals surface area (Å²) < 4.78 is 0. The second kappa shape index (κ2) is 6.74. The lowest BCUT2D eigenvalue weighted by atomic mass is 9.91. The second-order valence-corrected chi connectivity index (χ2v) is 4.50. The van der Waals surface area contributed by atoms with Gasteiger partial charge in [-0.25, -0.2) is 4.79 Å². The molecule has 4 heteroatoms. The zero-order valence-electron chi connectivity index (χ0n) is 10.8. The van der Waals surface area contributed by atoms with Crippen molar-refractivity contribution in [1.29, 1.82) is 0 Å². The summed E-state index contributed by atoms with van der Waals surface area (Å²) in [5.41, 5.74) is 0. The van der Waals surface area contributed by atoms with E-state index < -0.39 is 0 Å². The van der Waals surface area contributed by atoms with Crippen LogP contribution in [0.2, 0.25) is 0 Å². The van der Waals surface area contributed by atoms with Crippen molar-refractivity contribution in [2.75, 3.05) is 26.2 Å². The summed E-state index contributed by atoms with van der Waals surface area (Å²) in [7, 11) is 0. The van der Waals surface area contributed by atoms with Gasteiger partial charge in [-0.3, -0.25) is 0 Å². The van der Waals surface area contributed by atoms with E-state index in [-0.39, 0.29) is 12.1 Å². The Balaban J connectivity index is 2.36. The molecule has 0 aliphatic carbocycles. The zero-order chi connectivity index (χ0) is 12.0. The van der Waals surface area contributed by atoms with E-state index in [0.29, 0.717) is 5.92 Å². The molecule has 1 atom stereocenters. The molecule has 4 nitrogen and oxygen atoms in total. The van der Waals surface area contributed by atoms with Gasteiger partial charge in [-0.1, -0.05) is 0 Å². The van der Waals surface area contributed by atoms with Crippen molar-refractivity contribution in [2.24, 2.45) is 5.92 Å². The number of urea groups is 1. The Morgan fingerprint density at radius 3 is 2.44 bits per heavy atom. The van der Waals surface area contributed by atoms with E-state index >= 15 is 0 Å². The molecular weight excluding hydrogens is 202 g/mol. The number of rotatable bonds is 4. The fourth-order valence-electron chi connectivity index (χ4n) is 2.26. The lowest BCUT2D eigenvalue weighted by Gasteiger charge is -2.30. The number of carbonyl (C=O) groups is 1. The lowest BCUT2D eigenvalue weighted by molar-refractivity contribution is 0.191. The highest BCUT2D eigenvalue weighted by molar-refractivity contribution is 5.74. The number of piperidine rings is 1. The molecule has 0 aromatic rings. The van der Waals surface area contributed by atoms with Crippen LogP contribution in [-0.4, -0.2) is 43.2 Å². The summed E-state index contributed by atoms with van der Waals surface area (Å²) in [6, 6.07) is 0.367. The molecule has 16 heavy (non-hydrogen) atoms. The largest absolute Gasteiger partial charge is 0.335 e. The molecule has 2 N–H and O–H groups in total. The average Bonchev–Trinajstić information content (AvgIpc) is 2.31. The van der Waals surface area contributed by atoms with E-state index in [1.54, 1.807) is 0 Å². The smallest absolute Gasteiger partial charge is 0.317 e. The Labute approximate surface area is 98.8 Å². The minimum atomic E-state index is 0.0797. The highest BCUT2D eigenvalue weighted by atomic mass is 16.2. The maximum absolute atomic E-state index is 11.9. The summed E-state index contributed by atoms with van der Waals surface area (Å²) in [5.74, 6) is 0.626. The summed E-state index contributed by atoms with van der Waals surface area (Å²) in [4.78, 5) is 13.7. The molecule has 1 fully saturated rings. The standard InChI is InChI=1S/C12H25N3O/c1-4-15(5-2)12(16)14-10(3)11-6-8-13-9-7-11/h10-11,13H,4-9H2,1-3H3,(H,14,16). The molecule has 1 heterocycles. The number of nitrogens with one attached hydrogen (secondary N) is 2. The van der Waals surface area contributed by atoms with Crippen molar-refractivity contribution in [2.45, 2.75) is 39.7 Å². The van der Waals surface area contributed by atoms with Crippen LogP contribution in [0.4, 0.5) is 4.79 Å². The van der Waals surface area contributed by atoms with E-state index in [4.69, 9.17) is 0 Å². The number of amides is 2. The first-order chi connectivity index (χ1) is 7.69. The van der Waals surface area contributed by atoms with Crippen molar-refractivity contribution in [3.63, 3.8) is 0 Å². The van der Waals surface area contributed by atoms with Crippen LogP contribution in [0.25, 0.3) is 0 Å². The summed E-state index contributed by atoms with van der Waals surface area (Å²) in [6.07, 6.45) is 2.33. The van der Waals surface area contributed by atoms with E-state index in [1.807, 2.05) is 18.7 Å². The molecule has 0 aromatic heterocycles. The minimum Gasteiger partial charge on any atom is -0.335 e. The fraction of sp³-hybridized carbons (Fsp3) is 0.917. The molecule has 0 spiro atoms.